The number of benzene rings is 2. The molecule has 2 aromatic carbocycles. The molecule has 0 atom stereocenters. The van der Waals surface area contributed by atoms with Crippen molar-refractivity contribution in [3.63, 3.8) is 0 Å². The van der Waals surface area contributed by atoms with E-state index in [0.29, 0.717) is 25.8 Å². The molecule has 0 fully saturated rings. The van der Waals surface area contributed by atoms with E-state index in [1.807, 2.05) is 30.3 Å². The molecule has 0 radical (unpaired) electrons. The molecule has 2 aromatic rings. The van der Waals surface area contributed by atoms with Gasteiger partial charge in [0.05, 0.1) is 24.0 Å². The van der Waals surface area contributed by atoms with Crippen LogP contribution in [0.3, 0.4) is 0 Å². The molecular formula is C18H14O4S2. The van der Waals surface area contributed by atoms with E-state index in [1.165, 1.54) is 26.0 Å². The van der Waals surface area contributed by atoms with Crippen molar-refractivity contribution in [1.82, 2.24) is 0 Å². The van der Waals surface area contributed by atoms with Gasteiger partial charge >= 0.3 is 0 Å². The Balaban J connectivity index is 1.99. The number of carbonyl (C=O) groups is 2. The smallest absolute Gasteiger partial charge is 0.212 e. The Labute approximate surface area is 145 Å². The fourth-order valence-corrected chi connectivity index (χ4v) is 6.98. The predicted octanol–water partition coefficient (Wildman–Crippen LogP) is 4.37. The average Bonchev–Trinajstić information content (AvgIpc) is 3.08. The maximum absolute atomic E-state index is 13.1. The molecule has 2 heterocycles. The molecule has 2 aliphatic rings. The van der Waals surface area contributed by atoms with Crippen LogP contribution in [0.2, 0.25) is 0 Å². The van der Waals surface area contributed by atoms with Crippen LogP contribution in [-0.4, -0.2) is 25.8 Å². The van der Waals surface area contributed by atoms with E-state index in [0.717, 1.165) is 4.90 Å². The van der Waals surface area contributed by atoms with Gasteiger partial charge in [0.2, 0.25) is 11.6 Å². The number of hydrogen-bond donors (Lipinski definition) is 0. The lowest BCUT2D eigenvalue weighted by Crippen LogP contribution is -2.11. The van der Waals surface area contributed by atoms with Crippen LogP contribution in [0.1, 0.15) is 20.7 Å². The highest BCUT2D eigenvalue weighted by Gasteiger charge is 2.47. The first-order valence-electron chi connectivity index (χ1n) is 7.28. The van der Waals surface area contributed by atoms with E-state index in [1.54, 1.807) is 18.2 Å². The zero-order valence-electron chi connectivity index (χ0n) is 13.1. The first kappa shape index (κ1) is 15.7. The van der Waals surface area contributed by atoms with Gasteiger partial charge in [0.15, 0.2) is 0 Å². The maximum atomic E-state index is 13.1. The number of hydrogen-bond acceptors (Lipinski definition) is 5. The molecule has 0 spiro atoms. The molecule has 24 heavy (non-hydrogen) atoms. The highest BCUT2D eigenvalue weighted by Crippen LogP contribution is 2.71. The van der Waals surface area contributed by atoms with E-state index < -0.39 is 10.6 Å². The molecule has 0 bridgehead atoms. The Bertz CT molecular complexity index is 913. The molecule has 0 unspecified atom stereocenters. The summed E-state index contributed by atoms with van der Waals surface area (Å²) in [5.74, 6) is -0.328. The molecule has 0 saturated heterocycles. The Kier molecular flexibility index (Phi) is 3.65. The van der Waals surface area contributed by atoms with Crippen molar-refractivity contribution < 1.29 is 18.0 Å². The number of rotatable bonds is 2. The van der Waals surface area contributed by atoms with Crippen molar-refractivity contribution in [2.75, 3.05) is 14.2 Å². The van der Waals surface area contributed by atoms with E-state index >= 15 is 0 Å². The van der Waals surface area contributed by atoms with E-state index in [-0.39, 0.29) is 11.6 Å². The highest BCUT2D eigenvalue weighted by atomic mass is 32.3. The molecule has 4 rings (SSSR count). The summed E-state index contributed by atoms with van der Waals surface area (Å²) in [6.45, 7) is 0. The summed E-state index contributed by atoms with van der Waals surface area (Å²) in [5, 5.41) is 0. The van der Waals surface area contributed by atoms with Gasteiger partial charge in [0, 0.05) is 16.0 Å². The maximum Gasteiger partial charge on any atom is 0.212 e. The number of carbonyl (C=O) groups excluding carboxylic acids is 2. The summed E-state index contributed by atoms with van der Waals surface area (Å²) in [6.07, 6.45) is 0. The van der Waals surface area contributed by atoms with Crippen molar-refractivity contribution in [3.8, 4) is 0 Å². The van der Waals surface area contributed by atoms with E-state index in [4.69, 9.17) is 8.37 Å². The lowest BCUT2D eigenvalue weighted by Gasteiger charge is -2.38. The second kappa shape index (κ2) is 5.60. The molecule has 6 heteroatoms. The van der Waals surface area contributed by atoms with Crippen LogP contribution < -0.4 is 0 Å². The van der Waals surface area contributed by atoms with Crippen LogP contribution in [0, 0.1) is 0 Å². The summed E-state index contributed by atoms with van der Waals surface area (Å²) in [4.78, 5) is 28.3. The van der Waals surface area contributed by atoms with Crippen LogP contribution in [0.25, 0.3) is 0 Å². The number of Topliss-reactive ketones (excluding diaryl/α,β-unsaturated/α-hetero) is 2. The topological polar surface area (TPSA) is 52.6 Å². The molecule has 0 aromatic heterocycles. The van der Waals surface area contributed by atoms with Gasteiger partial charge in [-0.25, -0.2) is 0 Å². The second-order valence-corrected chi connectivity index (χ2v) is 8.82. The fraction of sp³-hybridized carbons (Fsp3) is 0.111. The molecule has 0 saturated carbocycles. The predicted molar refractivity (Wildman–Crippen MR) is 94.3 cm³/mol. The van der Waals surface area contributed by atoms with Gasteiger partial charge in [-0.2, -0.15) is 0 Å². The molecule has 0 N–H and O–H groups in total. The zero-order valence-corrected chi connectivity index (χ0v) is 14.7. The fourth-order valence-electron chi connectivity index (χ4n) is 3.05. The van der Waals surface area contributed by atoms with Crippen LogP contribution in [-0.2, 0) is 8.37 Å². The molecular weight excluding hydrogens is 344 g/mol. The van der Waals surface area contributed by atoms with Crippen molar-refractivity contribution in [2.24, 2.45) is 0 Å². The minimum absolute atomic E-state index is 0.141. The third-order valence-electron chi connectivity index (χ3n) is 4.12. The summed E-state index contributed by atoms with van der Waals surface area (Å²) in [7, 11) is 0.608. The standard InChI is InChI=1S/C18H14O4S2/c1-21-24(22-2)14-10-6-4-8-12(14)16(20)18(24)17-15(19)11-7-3-5-9-13(11)23-17/h3-10H,1-2H3/b18-17-. The van der Waals surface area contributed by atoms with E-state index in [9.17, 15) is 9.59 Å². The lowest BCUT2D eigenvalue weighted by molar-refractivity contribution is 0.101. The van der Waals surface area contributed by atoms with E-state index in [2.05, 4.69) is 0 Å². The molecule has 4 nitrogen and oxygen atoms in total. The van der Waals surface area contributed by atoms with Gasteiger partial charge in [-0.15, -0.1) is 10.6 Å². The Morgan fingerprint density at radius 3 is 2.12 bits per heavy atom. The minimum atomic E-state index is -2.43. The largest absolute Gasteiger partial charge is 0.288 e. The Morgan fingerprint density at radius 1 is 0.833 bits per heavy atom. The molecule has 0 amide bonds. The van der Waals surface area contributed by atoms with Gasteiger partial charge in [-0.05, 0) is 24.3 Å². The second-order valence-electron chi connectivity index (χ2n) is 5.25. The average molecular weight is 358 g/mol. The van der Waals surface area contributed by atoms with Crippen molar-refractivity contribution in [3.05, 3.63) is 69.5 Å². The summed E-state index contributed by atoms with van der Waals surface area (Å²) in [5.41, 5.74) is 1.16. The zero-order chi connectivity index (χ0) is 16.9. The van der Waals surface area contributed by atoms with Gasteiger partial charge in [0.1, 0.15) is 4.91 Å². The van der Waals surface area contributed by atoms with Gasteiger partial charge < -0.3 is 0 Å². The van der Waals surface area contributed by atoms with Gasteiger partial charge in [-0.3, -0.25) is 18.0 Å². The summed E-state index contributed by atoms with van der Waals surface area (Å²) < 4.78 is 11.5. The highest BCUT2D eigenvalue weighted by molar-refractivity contribution is 8.30. The number of ketones is 2. The third-order valence-corrected chi connectivity index (χ3v) is 8.22. The quantitative estimate of drug-likeness (QED) is 0.746. The number of allylic oxidation sites excluding steroid dienone is 2. The van der Waals surface area contributed by atoms with Crippen molar-refractivity contribution in [2.45, 2.75) is 9.79 Å². The first-order valence-corrected chi connectivity index (χ1v) is 9.58. The number of thioether (sulfide) groups is 1. The first-order chi connectivity index (χ1) is 11.6. The summed E-state index contributed by atoms with van der Waals surface area (Å²) >= 11 is 1.32. The number of fused-ring (bicyclic) bond motifs is 2. The van der Waals surface area contributed by atoms with Crippen LogP contribution in [0.15, 0.2) is 68.1 Å². The summed E-state index contributed by atoms with van der Waals surface area (Å²) in [6, 6.07) is 14.6. The SMILES string of the molecule is COS1(OC)/C(=C2\Sc3ccccc3C2=O)C(=O)c2ccccc21. The van der Waals surface area contributed by atoms with Crippen molar-refractivity contribution >= 4 is 33.9 Å². The van der Waals surface area contributed by atoms with Gasteiger partial charge in [-0.1, -0.05) is 36.0 Å². The van der Waals surface area contributed by atoms with Crippen LogP contribution in [0.4, 0.5) is 0 Å². The van der Waals surface area contributed by atoms with Crippen LogP contribution >= 0.6 is 22.4 Å². The van der Waals surface area contributed by atoms with Crippen molar-refractivity contribution in [1.29, 1.82) is 0 Å². The Morgan fingerprint density at radius 2 is 1.46 bits per heavy atom. The third kappa shape index (κ3) is 1.91. The monoisotopic (exact) mass is 358 g/mol. The van der Waals surface area contributed by atoms with Gasteiger partial charge in [0.25, 0.3) is 0 Å². The lowest BCUT2D eigenvalue weighted by atomic mass is 10.1. The molecule has 122 valence electrons. The minimum Gasteiger partial charge on any atom is -0.288 e. The van der Waals surface area contributed by atoms with Crippen LogP contribution in [0.5, 0.6) is 0 Å². The molecule has 0 aliphatic carbocycles. The molecule has 2 aliphatic heterocycles. The Hall–Kier alpha value is -1.86. The normalized spacial score (nSPS) is 22.4.